The number of carbonyl (C=O) groups is 1. The lowest BCUT2D eigenvalue weighted by Gasteiger charge is -2.13. The average Bonchev–Trinajstić information content (AvgIpc) is 2.74. The van der Waals surface area contributed by atoms with Crippen molar-refractivity contribution in [3.05, 3.63) is 89.4 Å². The summed E-state index contributed by atoms with van der Waals surface area (Å²) in [5.41, 5.74) is 5.64. The normalized spacial score (nSPS) is 10.7. The number of nitrogens with one attached hydrogen (secondary N) is 2. The van der Waals surface area contributed by atoms with Crippen LogP contribution in [0.1, 0.15) is 27.3 Å². The van der Waals surface area contributed by atoms with Crippen LogP contribution in [-0.2, 0) is 6.54 Å². The summed E-state index contributed by atoms with van der Waals surface area (Å²) in [5.74, 6) is 0.00910. The third-order valence-electron chi connectivity index (χ3n) is 4.87. The summed E-state index contributed by atoms with van der Waals surface area (Å²) in [6.45, 7) is 4.24. The van der Waals surface area contributed by atoms with E-state index >= 15 is 0 Å². The van der Waals surface area contributed by atoms with E-state index in [1.54, 1.807) is 24.4 Å². The van der Waals surface area contributed by atoms with Crippen molar-refractivity contribution in [3.63, 3.8) is 0 Å². The Bertz CT molecular complexity index is 1240. The number of aromatic hydroxyl groups is 1. The van der Waals surface area contributed by atoms with E-state index in [0.717, 1.165) is 39.2 Å². The molecule has 6 nitrogen and oxygen atoms in total. The molecule has 2 aromatic heterocycles. The third-order valence-corrected chi connectivity index (χ3v) is 4.87. The Hall–Kier alpha value is -3.93. The second-order valence-corrected chi connectivity index (χ2v) is 7.17. The number of benzene rings is 2. The van der Waals surface area contributed by atoms with Crippen molar-refractivity contribution in [1.29, 1.82) is 0 Å². The number of rotatable bonds is 5. The lowest BCUT2D eigenvalue weighted by Crippen LogP contribution is -2.23. The maximum atomic E-state index is 12.7. The molecule has 0 saturated carbocycles. The zero-order chi connectivity index (χ0) is 21.1. The second kappa shape index (κ2) is 8.21. The fourth-order valence-electron chi connectivity index (χ4n) is 3.26. The number of anilines is 2. The van der Waals surface area contributed by atoms with E-state index in [2.05, 4.69) is 20.6 Å². The van der Waals surface area contributed by atoms with Crippen LogP contribution in [0.25, 0.3) is 10.9 Å². The minimum absolute atomic E-state index is 0.177. The Balaban J connectivity index is 1.60. The van der Waals surface area contributed by atoms with Crippen molar-refractivity contribution in [1.82, 2.24) is 15.3 Å². The predicted octanol–water partition coefficient (Wildman–Crippen LogP) is 4.63. The molecule has 6 heteroatoms. The van der Waals surface area contributed by atoms with Gasteiger partial charge >= 0.3 is 0 Å². The molecule has 2 heterocycles. The molecular formula is C24H22N4O2. The number of phenolic OH excluding ortho intramolecular Hbond substituents is 1. The van der Waals surface area contributed by atoms with Crippen LogP contribution in [-0.4, -0.2) is 21.0 Å². The SMILES string of the molecule is Cc1cccc(CNC(=O)c2ccc3nccc(Nc4cc(O)ccc4C)c3c2)n1. The van der Waals surface area contributed by atoms with E-state index in [9.17, 15) is 9.90 Å². The van der Waals surface area contributed by atoms with Gasteiger partial charge in [-0.05, 0) is 61.9 Å². The fraction of sp³-hybridized carbons (Fsp3) is 0.125. The van der Waals surface area contributed by atoms with Gasteiger partial charge in [0.2, 0.25) is 0 Å². The molecule has 0 fully saturated rings. The summed E-state index contributed by atoms with van der Waals surface area (Å²) >= 11 is 0. The minimum atomic E-state index is -0.177. The number of carbonyl (C=O) groups excluding carboxylic acids is 1. The Morgan fingerprint density at radius 1 is 1.00 bits per heavy atom. The fourth-order valence-corrected chi connectivity index (χ4v) is 3.26. The van der Waals surface area contributed by atoms with Gasteiger partial charge in [-0.2, -0.15) is 0 Å². The first kappa shape index (κ1) is 19.4. The number of hydrogen-bond donors (Lipinski definition) is 3. The summed E-state index contributed by atoms with van der Waals surface area (Å²) in [6, 6.07) is 18.2. The van der Waals surface area contributed by atoms with E-state index in [4.69, 9.17) is 0 Å². The van der Waals surface area contributed by atoms with Crippen LogP contribution in [0.4, 0.5) is 11.4 Å². The van der Waals surface area contributed by atoms with Gasteiger partial charge in [-0.15, -0.1) is 0 Å². The molecule has 4 aromatic rings. The molecule has 2 aromatic carbocycles. The summed E-state index contributed by atoms with van der Waals surface area (Å²) < 4.78 is 0. The van der Waals surface area contributed by atoms with Crippen molar-refractivity contribution in [2.75, 3.05) is 5.32 Å². The molecule has 0 saturated heterocycles. The summed E-state index contributed by atoms with van der Waals surface area (Å²) in [4.78, 5) is 21.5. The van der Waals surface area contributed by atoms with Crippen molar-refractivity contribution in [2.24, 2.45) is 0 Å². The summed E-state index contributed by atoms with van der Waals surface area (Å²) in [7, 11) is 0. The maximum absolute atomic E-state index is 12.7. The van der Waals surface area contributed by atoms with Gasteiger partial charge in [-0.3, -0.25) is 14.8 Å². The van der Waals surface area contributed by atoms with Crippen LogP contribution in [0.5, 0.6) is 5.75 Å². The number of nitrogens with zero attached hydrogens (tertiary/aromatic N) is 2. The molecule has 4 rings (SSSR count). The standard InChI is InChI=1S/C24H22N4O2/c1-15-6-8-19(29)13-23(15)28-22-10-11-25-21-9-7-17(12-20(21)22)24(30)26-14-18-5-3-4-16(2)27-18/h3-13,29H,14H2,1-2H3,(H,25,28)(H,26,30). The average molecular weight is 398 g/mol. The lowest BCUT2D eigenvalue weighted by molar-refractivity contribution is 0.0950. The van der Waals surface area contributed by atoms with Gasteiger partial charge in [0.05, 0.1) is 17.8 Å². The largest absolute Gasteiger partial charge is 0.508 e. The van der Waals surface area contributed by atoms with E-state index in [0.29, 0.717) is 12.1 Å². The number of hydrogen-bond acceptors (Lipinski definition) is 5. The van der Waals surface area contributed by atoms with Crippen LogP contribution in [0.15, 0.2) is 66.9 Å². The van der Waals surface area contributed by atoms with Gasteiger partial charge in [0.1, 0.15) is 5.75 Å². The smallest absolute Gasteiger partial charge is 0.251 e. The zero-order valence-electron chi connectivity index (χ0n) is 16.8. The molecule has 0 aliphatic rings. The van der Waals surface area contributed by atoms with E-state index in [-0.39, 0.29) is 11.7 Å². The molecule has 0 aliphatic heterocycles. The molecule has 0 bridgehead atoms. The quantitative estimate of drug-likeness (QED) is 0.456. The van der Waals surface area contributed by atoms with Crippen LogP contribution in [0.2, 0.25) is 0 Å². The van der Waals surface area contributed by atoms with Gasteiger partial charge in [0.15, 0.2) is 0 Å². The Morgan fingerprint density at radius 3 is 2.70 bits per heavy atom. The van der Waals surface area contributed by atoms with E-state index in [1.165, 1.54) is 0 Å². The zero-order valence-corrected chi connectivity index (χ0v) is 16.8. The Kier molecular flexibility index (Phi) is 5.30. The highest BCUT2D eigenvalue weighted by Gasteiger charge is 2.10. The number of aryl methyl sites for hydroxylation is 2. The number of pyridine rings is 2. The van der Waals surface area contributed by atoms with Crippen LogP contribution in [0, 0.1) is 13.8 Å². The molecule has 0 unspecified atom stereocenters. The van der Waals surface area contributed by atoms with Gasteiger partial charge in [-0.1, -0.05) is 12.1 Å². The molecule has 1 amide bonds. The van der Waals surface area contributed by atoms with Gasteiger partial charge in [0.25, 0.3) is 5.91 Å². The van der Waals surface area contributed by atoms with Crippen molar-refractivity contribution in [3.8, 4) is 5.75 Å². The van der Waals surface area contributed by atoms with Crippen molar-refractivity contribution < 1.29 is 9.90 Å². The first-order valence-corrected chi connectivity index (χ1v) is 9.66. The Labute approximate surface area is 174 Å². The van der Waals surface area contributed by atoms with Crippen LogP contribution >= 0.6 is 0 Å². The lowest BCUT2D eigenvalue weighted by atomic mass is 10.1. The summed E-state index contributed by atoms with van der Waals surface area (Å²) in [6.07, 6.45) is 1.71. The second-order valence-electron chi connectivity index (χ2n) is 7.17. The van der Waals surface area contributed by atoms with Crippen molar-refractivity contribution >= 4 is 28.2 Å². The van der Waals surface area contributed by atoms with Crippen molar-refractivity contribution in [2.45, 2.75) is 20.4 Å². The number of amides is 1. The monoisotopic (exact) mass is 398 g/mol. The van der Waals surface area contributed by atoms with Gasteiger partial charge in [0, 0.05) is 40.3 Å². The van der Waals surface area contributed by atoms with Crippen LogP contribution in [0.3, 0.4) is 0 Å². The van der Waals surface area contributed by atoms with Gasteiger partial charge in [-0.25, -0.2) is 0 Å². The first-order chi connectivity index (χ1) is 14.5. The number of fused-ring (bicyclic) bond motifs is 1. The molecule has 150 valence electrons. The van der Waals surface area contributed by atoms with E-state index < -0.39 is 0 Å². The molecule has 0 aliphatic carbocycles. The molecule has 0 radical (unpaired) electrons. The molecule has 0 atom stereocenters. The maximum Gasteiger partial charge on any atom is 0.251 e. The molecule has 3 N–H and O–H groups in total. The highest BCUT2D eigenvalue weighted by Crippen LogP contribution is 2.29. The molecular weight excluding hydrogens is 376 g/mol. The first-order valence-electron chi connectivity index (χ1n) is 9.66. The molecule has 30 heavy (non-hydrogen) atoms. The number of phenols is 1. The minimum Gasteiger partial charge on any atom is -0.508 e. The molecule has 0 spiro atoms. The van der Waals surface area contributed by atoms with E-state index in [1.807, 2.05) is 56.3 Å². The highest BCUT2D eigenvalue weighted by atomic mass is 16.3. The third kappa shape index (κ3) is 4.22. The van der Waals surface area contributed by atoms with Crippen LogP contribution < -0.4 is 10.6 Å². The number of aromatic nitrogens is 2. The van der Waals surface area contributed by atoms with Gasteiger partial charge < -0.3 is 15.7 Å². The topological polar surface area (TPSA) is 87.1 Å². The predicted molar refractivity (Wildman–Crippen MR) is 118 cm³/mol. The Morgan fingerprint density at radius 2 is 1.87 bits per heavy atom. The summed E-state index contributed by atoms with van der Waals surface area (Å²) in [5, 5.41) is 16.9. The highest BCUT2D eigenvalue weighted by molar-refractivity contribution is 6.01.